The molecular formula is C10H17N3O. The highest BCUT2D eigenvalue weighted by Gasteiger charge is 2.08. The molecule has 1 aromatic rings. The van der Waals surface area contributed by atoms with Crippen molar-refractivity contribution in [2.24, 2.45) is 5.73 Å². The lowest BCUT2D eigenvalue weighted by Crippen LogP contribution is -2.30. The van der Waals surface area contributed by atoms with Crippen LogP contribution in [0.25, 0.3) is 0 Å². The smallest absolute Gasteiger partial charge is 0.267 e. The number of nitrogens with one attached hydrogen (secondary N) is 1. The Morgan fingerprint density at radius 2 is 2.43 bits per heavy atom. The quantitative estimate of drug-likeness (QED) is 0.722. The lowest BCUT2D eigenvalue weighted by atomic mass is 10.3. The summed E-state index contributed by atoms with van der Waals surface area (Å²) in [7, 11) is 0. The normalized spacial score (nSPS) is 10.1. The average molecular weight is 195 g/mol. The number of hydrogen-bond donors (Lipinski definition) is 2. The molecule has 0 fully saturated rings. The molecule has 0 saturated carbocycles. The van der Waals surface area contributed by atoms with E-state index in [4.69, 9.17) is 5.73 Å². The number of carbonyl (C=O) groups is 1. The Morgan fingerprint density at radius 1 is 1.64 bits per heavy atom. The zero-order chi connectivity index (χ0) is 10.4. The molecule has 0 aliphatic heterocycles. The summed E-state index contributed by atoms with van der Waals surface area (Å²) >= 11 is 0. The van der Waals surface area contributed by atoms with E-state index in [9.17, 15) is 4.79 Å². The van der Waals surface area contributed by atoms with Crippen molar-refractivity contribution >= 4 is 5.91 Å². The minimum atomic E-state index is -0.0473. The van der Waals surface area contributed by atoms with Crippen LogP contribution in [0.1, 0.15) is 23.8 Å². The van der Waals surface area contributed by atoms with E-state index in [1.165, 1.54) is 0 Å². The van der Waals surface area contributed by atoms with E-state index in [1.54, 1.807) is 0 Å². The second-order valence-electron chi connectivity index (χ2n) is 3.13. The van der Waals surface area contributed by atoms with Gasteiger partial charge in [-0.25, -0.2) is 0 Å². The standard InChI is InChI=1S/C10H17N3O/c1-2-7-13-8-3-4-9(13)10(14)12-6-5-11/h3-4,8H,2,5-7,11H2,1H3,(H,12,14). The predicted octanol–water partition coefficient (Wildman–Crippen LogP) is 0.587. The highest BCUT2D eigenvalue weighted by atomic mass is 16.1. The fourth-order valence-electron chi connectivity index (χ4n) is 1.33. The third-order valence-electron chi connectivity index (χ3n) is 1.96. The van der Waals surface area contributed by atoms with Crippen LogP contribution in [-0.2, 0) is 6.54 Å². The SMILES string of the molecule is CCCn1cccc1C(=O)NCCN. The summed E-state index contributed by atoms with van der Waals surface area (Å²) in [5, 5.41) is 2.75. The number of carbonyl (C=O) groups excluding carboxylic acids is 1. The number of hydrogen-bond acceptors (Lipinski definition) is 2. The largest absolute Gasteiger partial charge is 0.349 e. The fourth-order valence-corrected chi connectivity index (χ4v) is 1.33. The molecule has 4 heteroatoms. The van der Waals surface area contributed by atoms with Crippen molar-refractivity contribution in [3.8, 4) is 0 Å². The van der Waals surface area contributed by atoms with Gasteiger partial charge in [0.25, 0.3) is 5.91 Å². The van der Waals surface area contributed by atoms with Crippen molar-refractivity contribution in [3.63, 3.8) is 0 Å². The zero-order valence-electron chi connectivity index (χ0n) is 8.49. The molecular weight excluding hydrogens is 178 g/mol. The minimum Gasteiger partial charge on any atom is -0.349 e. The molecule has 0 saturated heterocycles. The van der Waals surface area contributed by atoms with Gasteiger partial charge in [0.15, 0.2) is 0 Å². The lowest BCUT2D eigenvalue weighted by molar-refractivity contribution is 0.0945. The Labute approximate surface area is 84.1 Å². The summed E-state index contributed by atoms with van der Waals surface area (Å²) in [4.78, 5) is 11.6. The molecule has 0 aromatic carbocycles. The number of aromatic nitrogens is 1. The van der Waals surface area contributed by atoms with Gasteiger partial charge in [-0.1, -0.05) is 6.92 Å². The van der Waals surface area contributed by atoms with Crippen LogP contribution in [0.5, 0.6) is 0 Å². The Kier molecular flexibility index (Phi) is 4.19. The molecule has 1 aromatic heterocycles. The molecule has 0 aliphatic rings. The number of rotatable bonds is 5. The molecule has 0 atom stereocenters. The van der Waals surface area contributed by atoms with E-state index in [0.717, 1.165) is 13.0 Å². The van der Waals surface area contributed by atoms with E-state index < -0.39 is 0 Å². The third-order valence-corrected chi connectivity index (χ3v) is 1.96. The highest BCUT2D eigenvalue weighted by molar-refractivity contribution is 5.92. The number of amides is 1. The maximum atomic E-state index is 11.6. The molecule has 14 heavy (non-hydrogen) atoms. The molecule has 0 unspecified atom stereocenters. The molecule has 0 aliphatic carbocycles. The van der Waals surface area contributed by atoms with Crippen LogP contribution < -0.4 is 11.1 Å². The van der Waals surface area contributed by atoms with E-state index in [-0.39, 0.29) is 5.91 Å². The summed E-state index contributed by atoms with van der Waals surface area (Å²) in [6.07, 6.45) is 2.94. The van der Waals surface area contributed by atoms with Gasteiger partial charge in [-0.2, -0.15) is 0 Å². The molecule has 4 nitrogen and oxygen atoms in total. The number of aryl methyl sites for hydroxylation is 1. The van der Waals surface area contributed by atoms with Crippen LogP contribution in [0.3, 0.4) is 0 Å². The van der Waals surface area contributed by atoms with Crippen LogP contribution in [0, 0.1) is 0 Å². The summed E-state index contributed by atoms with van der Waals surface area (Å²) in [6, 6.07) is 3.70. The van der Waals surface area contributed by atoms with Gasteiger partial charge in [-0.15, -0.1) is 0 Å². The summed E-state index contributed by atoms with van der Waals surface area (Å²) in [5.74, 6) is -0.0473. The number of nitrogens with two attached hydrogens (primary N) is 1. The van der Waals surface area contributed by atoms with Crippen LogP contribution in [0.4, 0.5) is 0 Å². The minimum absolute atomic E-state index is 0.0473. The van der Waals surface area contributed by atoms with Crippen LogP contribution in [0.2, 0.25) is 0 Å². The maximum absolute atomic E-state index is 11.6. The van der Waals surface area contributed by atoms with Crippen molar-refractivity contribution in [3.05, 3.63) is 24.0 Å². The fraction of sp³-hybridized carbons (Fsp3) is 0.500. The van der Waals surface area contributed by atoms with Gasteiger partial charge in [0.2, 0.25) is 0 Å². The van der Waals surface area contributed by atoms with E-state index in [2.05, 4.69) is 12.2 Å². The first-order chi connectivity index (χ1) is 6.79. The summed E-state index contributed by atoms with van der Waals surface area (Å²) in [5.41, 5.74) is 6.01. The van der Waals surface area contributed by atoms with Gasteiger partial charge in [0.05, 0.1) is 0 Å². The molecule has 3 N–H and O–H groups in total. The van der Waals surface area contributed by atoms with Crippen LogP contribution in [0.15, 0.2) is 18.3 Å². The van der Waals surface area contributed by atoms with Gasteiger partial charge >= 0.3 is 0 Å². The predicted molar refractivity (Wildman–Crippen MR) is 56.1 cm³/mol. The van der Waals surface area contributed by atoms with E-state index >= 15 is 0 Å². The van der Waals surface area contributed by atoms with Crippen molar-refractivity contribution in [2.75, 3.05) is 13.1 Å². The van der Waals surface area contributed by atoms with Gasteiger partial charge in [0, 0.05) is 25.8 Å². The second kappa shape index (κ2) is 5.44. The Bertz CT molecular complexity index is 293. The van der Waals surface area contributed by atoms with E-state index in [1.807, 2.05) is 22.9 Å². The van der Waals surface area contributed by atoms with Crippen molar-refractivity contribution < 1.29 is 4.79 Å². The van der Waals surface area contributed by atoms with Crippen molar-refractivity contribution in [2.45, 2.75) is 19.9 Å². The first-order valence-corrected chi connectivity index (χ1v) is 4.93. The van der Waals surface area contributed by atoms with Gasteiger partial charge in [-0.05, 0) is 18.6 Å². The third kappa shape index (κ3) is 2.60. The Balaban J connectivity index is 2.63. The average Bonchev–Trinajstić information content (AvgIpc) is 2.63. The zero-order valence-corrected chi connectivity index (χ0v) is 8.49. The van der Waals surface area contributed by atoms with E-state index in [0.29, 0.717) is 18.8 Å². The molecule has 1 rings (SSSR count). The van der Waals surface area contributed by atoms with Gasteiger partial charge in [0.1, 0.15) is 5.69 Å². The van der Waals surface area contributed by atoms with Crippen LogP contribution >= 0.6 is 0 Å². The highest BCUT2D eigenvalue weighted by Crippen LogP contribution is 2.03. The molecule has 0 spiro atoms. The lowest BCUT2D eigenvalue weighted by Gasteiger charge is -2.07. The summed E-state index contributed by atoms with van der Waals surface area (Å²) < 4.78 is 1.95. The molecule has 0 bridgehead atoms. The molecule has 1 heterocycles. The first kappa shape index (κ1) is 10.8. The molecule has 1 amide bonds. The first-order valence-electron chi connectivity index (χ1n) is 4.93. The van der Waals surface area contributed by atoms with Gasteiger partial charge in [-0.3, -0.25) is 4.79 Å². The Hall–Kier alpha value is -1.29. The van der Waals surface area contributed by atoms with Crippen molar-refractivity contribution in [1.29, 1.82) is 0 Å². The summed E-state index contributed by atoms with van der Waals surface area (Å²) in [6.45, 7) is 3.95. The Morgan fingerprint density at radius 3 is 3.07 bits per heavy atom. The number of nitrogens with zero attached hydrogens (tertiary/aromatic N) is 1. The maximum Gasteiger partial charge on any atom is 0.267 e. The van der Waals surface area contributed by atoms with Crippen molar-refractivity contribution in [1.82, 2.24) is 9.88 Å². The molecule has 78 valence electrons. The van der Waals surface area contributed by atoms with Gasteiger partial charge < -0.3 is 15.6 Å². The molecule has 0 radical (unpaired) electrons. The van der Waals surface area contributed by atoms with Crippen LogP contribution in [-0.4, -0.2) is 23.6 Å². The topological polar surface area (TPSA) is 60.0 Å². The second-order valence-corrected chi connectivity index (χ2v) is 3.13. The monoisotopic (exact) mass is 195 g/mol.